The third kappa shape index (κ3) is 4.98. The molecule has 1 aromatic heterocycles. The molecule has 3 nitrogen and oxygen atoms in total. The lowest BCUT2D eigenvalue weighted by atomic mass is 10.0. The minimum atomic E-state index is 0.708. The summed E-state index contributed by atoms with van der Waals surface area (Å²) in [5.41, 5.74) is 6.23. The number of thioether (sulfide) groups is 1. The maximum Gasteiger partial charge on any atom is 0.0640 e. The van der Waals surface area contributed by atoms with Crippen LogP contribution in [0.15, 0.2) is 30.5 Å². The van der Waals surface area contributed by atoms with E-state index in [2.05, 4.69) is 45.6 Å². The second-order valence-corrected chi connectivity index (χ2v) is 9.23. The molecule has 144 valence electrons. The molecule has 1 aliphatic carbocycles. The van der Waals surface area contributed by atoms with Crippen LogP contribution in [0.5, 0.6) is 0 Å². The number of aromatic nitrogens is 1. The number of halogens is 1. The van der Waals surface area contributed by atoms with Crippen molar-refractivity contribution in [2.45, 2.75) is 56.1 Å². The summed E-state index contributed by atoms with van der Waals surface area (Å²) in [6, 6.07) is 8.56. The van der Waals surface area contributed by atoms with Crippen molar-refractivity contribution in [3.05, 3.63) is 57.9 Å². The summed E-state index contributed by atoms with van der Waals surface area (Å²) in [6.07, 6.45) is 9.70. The number of hydrogen-bond acceptors (Lipinski definition) is 4. The van der Waals surface area contributed by atoms with Gasteiger partial charge in [-0.2, -0.15) is 11.8 Å². The van der Waals surface area contributed by atoms with Crippen molar-refractivity contribution >= 4 is 29.1 Å². The molecule has 1 aliphatic heterocycles. The summed E-state index contributed by atoms with van der Waals surface area (Å²) in [4.78, 5) is 4.67. The fourth-order valence-electron chi connectivity index (χ4n) is 4.03. The Balaban J connectivity index is 1.37. The highest BCUT2D eigenvalue weighted by molar-refractivity contribution is 7.99. The van der Waals surface area contributed by atoms with Crippen LogP contribution >= 0.6 is 23.4 Å². The Kier molecular flexibility index (Phi) is 6.59. The average Bonchev–Trinajstić information content (AvgIpc) is 3.10. The molecule has 0 unspecified atom stereocenters. The van der Waals surface area contributed by atoms with Gasteiger partial charge < -0.3 is 10.6 Å². The largest absolute Gasteiger partial charge is 0.378 e. The summed E-state index contributed by atoms with van der Waals surface area (Å²) in [5, 5.41) is 8.69. The quantitative estimate of drug-likeness (QED) is 0.696. The van der Waals surface area contributed by atoms with E-state index in [9.17, 15) is 0 Å². The van der Waals surface area contributed by atoms with E-state index in [0.29, 0.717) is 6.54 Å². The van der Waals surface area contributed by atoms with Crippen LogP contribution in [-0.4, -0.2) is 23.3 Å². The van der Waals surface area contributed by atoms with Gasteiger partial charge in [0.1, 0.15) is 0 Å². The summed E-state index contributed by atoms with van der Waals surface area (Å²) in [5.74, 6) is 1.08. The Hall–Kier alpha value is -1.23. The van der Waals surface area contributed by atoms with Gasteiger partial charge in [0, 0.05) is 17.2 Å². The van der Waals surface area contributed by atoms with Crippen molar-refractivity contribution < 1.29 is 0 Å². The van der Waals surface area contributed by atoms with Crippen molar-refractivity contribution in [1.82, 2.24) is 10.3 Å². The fourth-order valence-corrected chi connectivity index (χ4v) is 5.54. The van der Waals surface area contributed by atoms with Crippen LogP contribution < -0.4 is 10.6 Å². The second-order valence-electron chi connectivity index (χ2n) is 7.54. The number of fused-ring (bicyclic) bond motifs is 1. The number of pyridine rings is 1. The number of rotatable bonds is 6. The Morgan fingerprint density at radius 3 is 2.78 bits per heavy atom. The maximum atomic E-state index is 6.50. The first kappa shape index (κ1) is 19.1. The van der Waals surface area contributed by atoms with Crippen molar-refractivity contribution in [3.8, 4) is 0 Å². The highest BCUT2D eigenvalue weighted by Crippen LogP contribution is 2.32. The molecule has 1 aromatic carbocycles. The van der Waals surface area contributed by atoms with Gasteiger partial charge in [-0.3, -0.25) is 4.98 Å². The summed E-state index contributed by atoms with van der Waals surface area (Å²) in [7, 11) is 0. The molecular weight excluding hydrogens is 374 g/mol. The van der Waals surface area contributed by atoms with Crippen molar-refractivity contribution in [1.29, 1.82) is 0 Å². The molecule has 4 rings (SSSR count). The monoisotopic (exact) mass is 401 g/mol. The third-order valence-corrected chi connectivity index (χ3v) is 7.36. The van der Waals surface area contributed by atoms with E-state index < -0.39 is 0 Å². The predicted molar refractivity (Wildman–Crippen MR) is 117 cm³/mol. The van der Waals surface area contributed by atoms with Crippen molar-refractivity contribution in [2.75, 3.05) is 18.4 Å². The lowest BCUT2D eigenvalue weighted by molar-refractivity contribution is 0.711. The van der Waals surface area contributed by atoms with Crippen LogP contribution in [0.3, 0.4) is 0 Å². The van der Waals surface area contributed by atoms with Gasteiger partial charge in [-0.15, -0.1) is 0 Å². The van der Waals surface area contributed by atoms with Crippen LogP contribution in [0.25, 0.3) is 0 Å². The molecule has 0 spiro atoms. The molecule has 0 bridgehead atoms. The molecular formula is C22H28ClN3S. The molecule has 2 aliphatic rings. The molecule has 0 atom stereocenters. The molecule has 2 heterocycles. The van der Waals surface area contributed by atoms with E-state index in [1.165, 1.54) is 42.4 Å². The molecule has 1 fully saturated rings. The molecule has 2 aromatic rings. The lowest BCUT2D eigenvalue weighted by Gasteiger charge is -2.16. The highest BCUT2D eigenvalue weighted by Gasteiger charge is 2.16. The highest BCUT2D eigenvalue weighted by atomic mass is 35.5. The van der Waals surface area contributed by atoms with Gasteiger partial charge in [0.15, 0.2) is 0 Å². The zero-order valence-electron chi connectivity index (χ0n) is 15.8. The summed E-state index contributed by atoms with van der Waals surface area (Å²) < 4.78 is 0. The normalized spacial score (nSPS) is 17.5. The van der Waals surface area contributed by atoms with Crippen LogP contribution in [0.4, 0.5) is 5.69 Å². The maximum absolute atomic E-state index is 6.50. The van der Waals surface area contributed by atoms with Gasteiger partial charge in [0.2, 0.25) is 0 Å². The van der Waals surface area contributed by atoms with Gasteiger partial charge in [-0.1, -0.05) is 36.6 Å². The molecule has 27 heavy (non-hydrogen) atoms. The standard InChI is InChI=1S/C22H28ClN3S/c23-21-8-6-17-9-11-24-12-10-20(17)22(21)26-14-18-7-5-16(13-25-18)15-27-19-3-1-2-4-19/h5-8,13,19,24,26H,1-4,9-12,14-15H2. The van der Waals surface area contributed by atoms with Crippen LogP contribution in [0.1, 0.15) is 48.1 Å². The van der Waals surface area contributed by atoms with Crippen molar-refractivity contribution in [2.24, 2.45) is 0 Å². The Labute approximate surface area is 171 Å². The van der Waals surface area contributed by atoms with E-state index in [1.807, 2.05) is 12.3 Å². The Bertz CT molecular complexity index is 757. The van der Waals surface area contributed by atoms with Crippen LogP contribution in [0, 0.1) is 0 Å². The number of nitrogens with zero attached hydrogens (tertiary/aromatic N) is 1. The van der Waals surface area contributed by atoms with Gasteiger partial charge in [-0.05, 0) is 67.6 Å². The van der Waals surface area contributed by atoms with Crippen LogP contribution in [0.2, 0.25) is 5.02 Å². The molecule has 0 radical (unpaired) electrons. The minimum absolute atomic E-state index is 0.708. The Morgan fingerprint density at radius 1 is 1.11 bits per heavy atom. The molecule has 5 heteroatoms. The fraction of sp³-hybridized carbons (Fsp3) is 0.500. The smallest absolute Gasteiger partial charge is 0.0640 e. The van der Waals surface area contributed by atoms with E-state index in [4.69, 9.17) is 11.6 Å². The summed E-state index contributed by atoms with van der Waals surface area (Å²) in [6.45, 7) is 2.75. The molecule has 2 N–H and O–H groups in total. The van der Waals surface area contributed by atoms with Gasteiger partial charge in [-0.25, -0.2) is 0 Å². The van der Waals surface area contributed by atoms with E-state index in [-0.39, 0.29) is 0 Å². The van der Waals surface area contributed by atoms with Crippen LogP contribution in [-0.2, 0) is 25.1 Å². The molecule has 1 saturated carbocycles. The minimum Gasteiger partial charge on any atom is -0.378 e. The zero-order valence-corrected chi connectivity index (χ0v) is 17.3. The predicted octanol–water partition coefficient (Wildman–Crippen LogP) is 5.21. The average molecular weight is 402 g/mol. The first-order valence-corrected chi connectivity index (χ1v) is 11.5. The first-order chi connectivity index (χ1) is 13.3. The van der Waals surface area contributed by atoms with E-state index in [0.717, 1.165) is 53.3 Å². The zero-order chi connectivity index (χ0) is 18.5. The molecule has 0 saturated heterocycles. The SMILES string of the molecule is Clc1ccc2c(c1NCc1ccc(CSC3CCCC3)cn1)CCNCC2. The van der Waals surface area contributed by atoms with Gasteiger partial charge in [0.25, 0.3) is 0 Å². The number of anilines is 1. The molecule has 0 amide bonds. The van der Waals surface area contributed by atoms with E-state index in [1.54, 1.807) is 0 Å². The third-order valence-electron chi connectivity index (χ3n) is 5.60. The number of hydrogen-bond donors (Lipinski definition) is 2. The Morgan fingerprint density at radius 2 is 1.96 bits per heavy atom. The van der Waals surface area contributed by atoms with Gasteiger partial charge >= 0.3 is 0 Å². The lowest BCUT2D eigenvalue weighted by Crippen LogP contribution is -2.16. The first-order valence-electron chi connectivity index (χ1n) is 10.1. The van der Waals surface area contributed by atoms with Crippen molar-refractivity contribution in [3.63, 3.8) is 0 Å². The topological polar surface area (TPSA) is 37.0 Å². The summed E-state index contributed by atoms with van der Waals surface area (Å²) >= 11 is 8.60. The number of benzene rings is 1. The van der Waals surface area contributed by atoms with E-state index >= 15 is 0 Å². The second kappa shape index (κ2) is 9.31. The van der Waals surface area contributed by atoms with Gasteiger partial charge in [0.05, 0.1) is 22.9 Å². The number of nitrogens with one attached hydrogen (secondary N) is 2.